The van der Waals surface area contributed by atoms with Crippen LogP contribution in [-0.4, -0.2) is 23.4 Å². The maximum absolute atomic E-state index is 11.3. The minimum absolute atomic E-state index is 0.216. The molecule has 0 fully saturated rings. The van der Waals surface area contributed by atoms with Gasteiger partial charge in [-0.15, -0.1) is 0 Å². The number of fused-ring (bicyclic) bond motifs is 8. The molecule has 0 atom stereocenters. The van der Waals surface area contributed by atoms with Crippen molar-refractivity contribution in [3.8, 4) is 35.1 Å². The summed E-state index contributed by atoms with van der Waals surface area (Å²) in [6.07, 6.45) is 3.92. The van der Waals surface area contributed by atoms with E-state index in [1.807, 2.05) is 72.8 Å². The Morgan fingerprint density at radius 3 is 1.12 bits per heavy atom. The van der Waals surface area contributed by atoms with Crippen molar-refractivity contribution in [2.24, 2.45) is 0 Å². The molecule has 8 bridgehead atoms. The predicted octanol–water partition coefficient (Wildman–Crippen LogP) is 7.14. The molecule has 0 saturated heterocycles. The molecule has 0 unspecified atom stereocenters. The fourth-order valence-electron chi connectivity index (χ4n) is 5.53. The highest BCUT2D eigenvalue weighted by molar-refractivity contribution is 5.55. The first kappa shape index (κ1) is 28.6. The second kappa shape index (κ2) is 13.6. The van der Waals surface area contributed by atoms with Gasteiger partial charge in [0.25, 0.3) is 0 Å². The Bertz CT molecular complexity index is 1530. The molecule has 0 saturated carbocycles. The molecule has 0 amide bonds. The summed E-state index contributed by atoms with van der Waals surface area (Å²) in [5, 5.41) is 40.7. The van der Waals surface area contributed by atoms with Gasteiger partial charge in [0.1, 0.15) is 23.0 Å². The van der Waals surface area contributed by atoms with E-state index < -0.39 is 0 Å². The first-order valence-electron chi connectivity index (χ1n) is 14.4. The van der Waals surface area contributed by atoms with Crippen molar-refractivity contribution in [3.63, 3.8) is 0 Å². The molecular weight excluding hydrogens is 524 g/mol. The number of phenols is 2. The van der Waals surface area contributed by atoms with Gasteiger partial charge in [0.05, 0.1) is 25.4 Å². The minimum Gasteiger partial charge on any atom is -0.507 e. The summed E-state index contributed by atoms with van der Waals surface area (Å²) in [7, 11) is 0. The Labute approximate surface area is 247 Å². The molecule has 0 spiro atoms. The van der Waals surface area contributed by atoms with E-state index in [-0.39, 0.29) is 11.5 Å². The highest BCUT2D eigenvalue weighted by atomic mass is 16.5. The minimum atomic E-state index is 0.216. The Morgan fingerprint density at radius 2 is 0.786 bits per heavy atom. The van der Waals surface area contributed by atoms with Crippen molar-refractivity contribution in [3.05, 3.63) is 117 Å². The van der Waals surface area contributed by atoms with E-state index in [9.17, 15) is 10.2 Å². The molecule has 0 heterocycles. The zero-order valence-corrected chi connectivity index (χ0v) is 23.6. The van der Waals surface area contributed by atoms with Gasteiger partial charge in [-0.1, -0.05) is 72.8 Å². The van der Waals surface area contributed by atoms with Crippen molar-refractivity contribution in [1.82, 2.24) is 0 Å². The molecule has 1 aliphatic carbocycles. The number of benzene rings is 4. The normalized spacial score (nSPS) is 12.1. The largest absolute Gasteiger partial charge is 0.507 e. The SMILES string of the molecule is N#CCCCOc1c2cccc1Cc1cccc(c1OCCCC#N)Cc1cccc(c1O)Cc1cccc(c1O)C2. The monoisotopic (exact) mass is 558 g/mol. The van der Waals surface area contributed by atoms with E-state index in [0.717, 1.165) is 56.0 Å². The quantitative estimate of drug-likeness (QED) is 0.196. The fraction of sp³-hybridized carbons (Fsp3) is 0.278. The van der Waals surface area contributed by atoms with Gasteiger partial charge >= 0.3 is 0 Å². The summed E-state index contributed by atoms with van der Waals surface area (Å²) in [5.74, 6) is 1.95. The second-order valence-corrected chi connectivity index (χ2v) is 10.6. The van der Waals surface area contributed by atoms with Crippen LogP contribution in [0.25, 0.3) is 0 Å². The lowest BCUT2D eigenvalue weighted by atomic mass is 9.91. The maximum Gasteiger partial charge on any atom is 0.126 e. The van der Waals surface area contributed by atoms with Gasteiger partial charge in [0, 0.05) is 38.5 Å². The summed E-state index contributed by atoms with van der Waals surface area (Å²) >= 11 is 0. The van der Waals surface area contributed by atoms with Gasteiger partial charge in [-0.2, -0.15) is 10.5 Å². The van der Waals surface area contributed by atoms with Crippen LogP contribution in [0.5, 0.6) is 23.0 Å². The molecule has 2 N–H and O–H groups in total. The van der Waals surface area contributed by atoms with Crippen LogP contribution in [-0.2, 0) is 25.7 Å². The first-order valence-corrected chi connectivity index (χ1v) is 14.4. The maximum atomic E-state index is 11.3. The fourth-order valence-corrected chi connectivity index (χ4v) is 5.53. The molecule has 0 radical (unpaired) electrons. The molecule has 4 aromatic carbocycles. The van der Waals surface area contributed by atoms with Crippen LogP contribution in [0.2, 0.25) is 0 Å². The number of nitriles is 2. The van der Waals surface area contributed by atoms with Crippen LogP contribution in [0.4, 0.5) is 0 Å². The van der Waals surface area contributed by atoms with Crippen molar-refractivity contribution >= 4 is 0 Å². The Kier molecular flexibility index (Phi) is 9.27. The topological polar surface area (TPSA) is 106 Å². The molecule has 1 aliphatic rings. The van der Waals surface area contributed by atoms with Crippen molar-refractivity contribution < 1.29 is 19.7 Å². The summed E-state index contributed by atoms with van der Waals surface area (Å²) in [4.78, 5) is 0. The van der Waals surface area contributed by atoms with Crippen LogP contribution in [0, 0.1) is 22.7 Å². The van der Waals surface area contributed by atoms with Gasteiger partial charge < -0.3 is 19.7 Å². The van der Waals surface area contributed by atoms with Gasteiger partial charge in [-0.25, -0.2) is 0 Å². The second-order valence-electron chi connectivity index (χ2n) is 10.6. The molecule has 212 valence electrons. The number of hydrogen-bond donors (Lipinski definition) is 2. The third-order valence-electron chi connectivity index (χ3n) is 7.64. The molecule has 0 aromatic heterocycles. The molecule has 6 nitrogen and oxygen atoms in total. The average molecular weight is 559 g/mol. The summed E-state index contributed by atoms with van der Waals surface area (Å²) in [5.41, 5.74) is 6.89. The Hall–Kier alpha value is -4.94. The number of rotatable bonds is 8. The Balaban J connectivity index is 1.65. The number of nitrogens with zero attached hydrogens (tertiary/aromatic N) is 2. The zero-order chi connectivity index (χ0) is 29.3. The number of ether oxygens (including phenoxy) is 2. The summed E-state index contributed by atoms with van der Waals surface area (Å²) in [6.45, 7) is 0.824. The molecule has 42 heavy (non-hydrogen) atoms. The average Bonchev–Trinajstić information content (AvgIpc) is 2.99. The summed E-state index contributed by atoms with van der Waals surface area (Å²) in [6, 6.07) is 28.0. The number of para-hydroxylation sites is 4. The van der Waals surface area contributed by atoms with E-state index >= 15 is 0 Å². The highest BCUT2D eigenvalue weighted by Crippen LogP contribution is 2.38. The third kappa shape index (κ3) is 6.51. The lowest BCUT2D eigenvalue weighted by molar-refractivity contribution is 0.303. The highest BCUT2D eigenvalue weighted by Gasteiger charge is 2.20. The van der Waals surface area contributed by atoms with E-state index in [1.165, 1.54) is 0 Å². The number of unbranched alkanes of at least 4 members (excludes halogenated alkanes) is 2. The molecular formula is C36H34N2O4. The van der Waals surface area contributed by atoms with Crippen molar-refractivity contribution in [2.75, 3.05) is 13.2 Å². The van der Waals surface area contributed by atoms with Gasteiger partial charge in [-0.05, 0) is 57.3 Å². The van der Waals surface area contributed by atoms with Crippen molar-refractivity contribution in [2.45, 2.75) is 51.4 Å². The molecule has 0 aliphatic heterocycles. The van der Waals surface area contributed by atoms with Crippen LogP contribution < -0.4 is 9.47 Å². The standard InChI is InChI=1S/C36H34N2O4/c37-17-1-3-19-41-35-29-13-7-15-31(35)24-32-16-8-14-30(36(32)42-20-4-2-18-38)23-28-12-6-10-26(34(28)40)21-25-9-5-11-27(22-29)33(25)39/h5-16,39-40H,1-4,19-24H2. The third-order valence-corrected chi connectivity index (χ3v) is 7.64. The summed E-state index contributed by atoms with van der Waals surface area (Å²) < 4.78 is 12.7. The number of aromatic hydroxyl groups is 2. The van der Waals surface area contributed by atoms with Crippen LogP contribution >= 0.6 is 0 Å². The lowest BCUT2D eigenvalue weighted by Crippen LogP contribution is -2.08. The van der Waals surface area contributed by atoms with Crippen molar-refractivity contribution in [1.29, 1.82) is 10.5 Å². The number of phenolic OH excluding ortho intramolecular Hbond substituents is 2. The van der Waals surface area contributed by atoms with E-state index in [2.05, 4.69) is 12.1 Å². The number of hydrogen-bond acceptors (Lipinski definition) is 6. The van der Waals surface area contributed by atoms with Crippen LogP contribution in [0.3, 0.4) is 0 Å². The molecule has 4 aromatic rings. The zero-order valence-electron chi connectivity index (χ0n) is 23.6. The smallest absolute Gasteiger partial charge is 0.126 e. The lowest BCUT2D eigenvalue weighted by Gasteiger charge is -2.21. The predicted molar refractivity (Wildman–Crippen MR) is 161 cm³/mol. The Morgan fingerprint density at radius 1 is 0.500 bits per heavy atom. The van der Waals surface area contributed by atoms with Gasteiger partial charge in [0.2, 0.25) is 0 Å². The molecule has 6 heteroatoms. The molecule has 5 rings (SSSR count). The van der Waals surface area contributed by atoms with E-state index in [1.54, 1.807) is 0 Å². The van der Waals surface area contributed by atoms with E-state index in [0.29, 0.717) is 64.6 Å². The van der Waals surface area contributed by atoms with Crippen LogP contribution in [0.1, 0.15) is 70.2 Å². The van der Waals surface area contributed by atoms with E-state index in [4.69, 9.17) is 20.0 Å². The van der Waals surface area contributed by atoms with Gasteiger partial charge in [0.15, 0.2) is 0 Å². The van der Waals surface area contributed by atoms with Crippen LogP contribution in [0.15, 0.2) is 72.8 Å². The first-order chi connectivity index (χ1) is 20.6. The van der Waals surface area contributed by atoms with Gasteiger partial charge in [-0.3, -0.25) is 0 Å².